The lowest BCUT2D eigenvalue weighted by molar-refractivity contribution is -0.188. The molecule has 29 heavy (non-hydrogen) atoms. The van der Waals surface area contributed by atoms with Gasteiger partial charge in [0, 0.05) is 12.6 Å². The molecule has 0 spiro atoms. The predicted molar refractivity (Wildman–Crippen MR) is 101 cm³/mol. The Morgan fingerprint density at radius 3 is 2.45 bits per heavy atom. The van der Waals surface area contributed by atoms with E-state index in [1.807, 2.05) is 13.1 Å². The number of methoxy groups -OCH3 is 1. The largest absolute Gasteiger partial charge is 0.471 e. The Balaban J connectivity index is 1.86. The first-order chi connectivity index (χ1) is 13.6. The van der Waals surface area contributed by atoms with Crippen LogP contribution in [-0.4, -0.2) is 67.7 Å². The molecule has 1 saturated heterocycles. The van der Waals surface area contributed by atoms with Crippen LogP contribution in [0.4, 0.5) is 13.2 Å². The van der Waals surface area contributed by atoms with Crippen molar-refractivity contribution < 1.29 is 27.5 Å². The second-order valence-electron chi connectivity index (χ2n) is 8.33. The van der Waals surface area contributed by atoms with Gasteiger partial charge in [-0.15, -0.1) is 0 Å². The fourth-order valence-electron chi connectivity index (χ4n) is 4.12. The molecular weight excluding hydrogens is 385 g/mol. The monoisotopic (exact) mass is 412 g/mol. The fraction of sp³-hybridized carbons (Fsp3) is 0.619. The van der Waals surface area contributed by atoms with Crippen LogP contribution in [-0.2, 0) is 16.0 Å². The van der Waals surface area contributed by atoms with Gasteiger partial charge in [0.25, 0.3) is 0 Å². The van der Waals surface area contributed by atoms with E-state index in [-0.39, 0.29) is 12.6 Å². The predicted octanol–water partition coefficient (Wildman–Crippen LogP) is 3.28. The van der Waals surface area contributed by atoms with Gasteiger partial charge in [-0.05, 0) is 75.4 Å². The molecule has 1 aliphatic carbocycles. The third-order valence-corrected chi connectivity index (χ3v) is 5.97. The van der Waals surface area contributed by atoms with Gasteiger partial charge in [-0.3, -0.25) is 4.79 Å². The number of alkyl halides is 3. The second kappa shape index (κ2) is 8.34. The zero-order valence-electron chi connectivity index (χ0n) is 16.8. The molecule has 160 valence electrons. The van der Waals surface area contributed by atoms with Crippen LogP contribution in [0.15, 0.2) is 24.3 Å². The van der Waals surface area contributed by atoms with Crippen molar-refractivity contribution in [3.05, 3.63) is 35.4 Å². The van der Waals surface area contributed by atoms with Crippen molar-refractivity contribution in [1.29, 1.82) is 0 Å². The minimum Gasteiger partial charge on any atom is -0.465 e. The van der Waals surface area contributed by atoms with Crippen molar-refractivity contribution in [2.75, 3.05) is 33.8 Å². The number of likely N-dealkylation sites (tertiary alicyclic amines) is 1. The second-order valence-corrected chi connectivity index (χ2v) is 8.33. The van der Waals surface area contributed by atoms with E-state index >= 15 is 0 Å². The minimum atomic E-state index is -4.86. The molecule has 1 amide bonds. The number of halogens is 3. The lowest BCUT2D eigenvalue weighted by atomic mass is 9.73. The van der Waals surface area contributed by atoms with Crippen LogP contribution in [0.3, 0.4) is 0 Å². The Hall–Kier alpha value is -2.09. The van der Waals surface area contributed by atoms with Crippen molar-refractivity contribution >= 4 is 11.9 Å². The van der Waals surface area contributed by atoms with Crippen LogP contribution in [0.1, 0.15) is 41.6 Å². The van der Waals surface area contributed by atoms with Gasteiger partial charge in [0.2, 0.25) is 0 Å². The Labute approximate surface area is 168 Å². The number of benzene rings is 1. The summed E-state index contributed by atoms with van der Waals surface area (Å²) in [6, 6.07) is 6.70. The minimum absolute atomic E-state index is 0.0896. The number of hydrogen-bond donors (Lipinski definition) is 0. The van der Waals surface area contributed by atoms with Crippen LogP contribution < -0.4 is 0 Å². The maximum Gasteiger partial charge on any atom is 0.471 e. The molecule has 0 atom stereocenters. The summed E-state index contributed by atoms with van der Waals surface area (Å²) in [5.41, 5.74) is 0.830. The number of ether oxygens (including phenoxy) is 1. The molecule has 3 rings (SSSR count). The van der Waals surface area contributed by atoms with E-state index in [1.165, 1.54) is 7.11 Å². The van der Waals surface area contributed by atoms with Crippen LogP contribution in [0, 0.1) is 5.41 Å². The number of piperidine rings is 1. The van der Waals surface area contributed by atoms with Crippen molar-refractivity contribution in [1.82, 2.24) is 9.80 Å². The summed E-state index contributed by atoms with van der Waals surface area (Å²) in [6.07, 6.45) is -1.72. The quantitative estimate of drug-likeness (QED) is 0.673. The van der Waals surface area contributed by atoms with Crippen molar-refractivity contribution in [3.8, 4) is 0 Å². The molecule has 5 nitrogen and oxygen atoms in total. The maximum absolute atomic E-state index is 13.2. The smallest absolute Gasteiger partial charge is 0.465 e. The summed E-state index contributed by atoms with van der Waals surface area (Å²) in [7, 11) is 3.30. The van der Waals surface area contributed by atoms with Crippen LogP contribution in [0.2, 0.25) is 0 Å². The zero-order valence-corrected chi connectivity index (χ0v) is 16.8. The van der Waals surface area contributed by atoms with E-state index in [0.29, 0.717) is 37.7 Å². The number of carbonyl (C=O) groups excluding carboxylic acids is 2. The Morgan fingerprint density at radius 1 is 1.24 bits per heavy atom. The molecule has 1 aromatic carbocycles. The summed E-state index contributed by atoms with van der Waals surface area (Å²) < 4.78 is 44.3. The Kier molecular flexibility index (Phi) is 6.22. The third-order valence-electron chi connectivity index (χ3n) is 5.97. The number of nitrogens with zero attached hydrogens (tertiary/aromatic N) is 2. The van der Waals surface area contributed by atoms with E-state index in [1.54, 1.807) is 18.2 Å². The van der Waals surface area contributed by atoms with Crippen molar-refractivity contribution in [2.45, 2.75) is 44.3 Å². The van der Waals surface area contributed by atoms with Gasteiger partial charge < -0.3 is 14.5 Å². The molecule has 0 unspecified atom stereocenters. The third kappa shape index (κ3) is 5.29. The lowest BCUT2D eigenvalue weighted by Crippen LogP contribution is -2.51. The highest BCUT2D eigenvalue weighted by Crippen LogP contribution is 2.40. The molecule has 1 saturated carbocycles. The fourth-order valence-corrected chi connectivity index (χ4v) is 4.12. The molecule has 0 radical (unpaired) electrons. The molecule has 1 aromatic rings. The standard InChI is InChI=1S/C21H27F3N2O3/c1-25-10-8-20(9-11-25,13-15-4-3-5-16(12-15)18(27)29-2)14-26(17-6-7-17)19(28)21(22,23)24/h3-5,12,17H,6-11,13-14H2,1-2H3. The number of esters is 1. The summed E-state index contributed by atoms with van der Waals surface area (Å²) >= 11 is 0. The molecule has 2 aliphatic rings. The maximum atomic E-state index is 13.2. The molecule has 2 fully saturated rings. The zero-order chi connectivity index (χ0) is 21.2. The number of amides is 1. The van der Waals surface area contributed by atoms with Crippen molar-refractivity contribution in [2.24, 2.45) is 5.41 Å². The number of carbonyl (C=O) groups is 2. The Morgan fingerprint density at radius 2 is 1.90 bits per heavy atom. The summed E-state index contributed by atoms with van der Waals surface area (Å²) in [5, 5.41) is 0. The van der Waals surface area contributed by atoms with Crippen molar-refractivity contribution in [3.63, 3.8) is 0 Å². The molecule has 0 N–H and O–H groups in total. The Bertz CT molecular complexity index is 754. The molecule has 0 bridgehead atoms. The summed E-state index contributed by atoms with van der Waals surface area (Å²) in [4.78, 5) is 27.1. The topological polar surface area (TPSA) is 49.9 Å². The lowest BCUT2D eigenvalue weighted by Gasteiger charge is -2.44. The summed E-state index contributed by atoms with van der Waals surface area (Å²) in [5.74, 6) is -2.18. The van der Waals surface area contributed by atoms with Gasteiger partial charge in [0.1, 0.15) is 0 Å². The highest BCUT2D eigenvalue weighted by atomic mass is 19.4. The van der Waals surface area contributed by atoms with Gasteiger partial charge in [0.15, 0.2) is 0 Å². The number of rotatable bonds is 6. The molecule has 1 heterocycles. The van der Waals surface area contributed by atoms with Gasteiger partial charge >= 0.3 is 18.1 Å². The molecule has 8 heteroatoms. The summed E-state index contributed by atoms with van der Waals surface area (Å²) in [6.45, 7) is 1.61. The van der Waals surface area contributed by atoms with E-state index in [9.17, 15) is 22.8 Å². The van der Waals surface area contributed by atoms with E-state index in [4.69, 9.17) is 4.74 Å². The van der Waals surface area contributed by atoms with E-state index < -0.39 is 23.5 Å². The molecule has 1 aliphatic heterocycles. The van der Waals surface area contributed by atoms with Gasteiger partial charge in [-0.2, -0.15) is 13.2 Å². The van der Waals surface area contributed by atoms with Crippen LogP contribution in [0.25, 0.3) is 0 Å². The first-order valence-electron chi connectivity index (χ1n) is 9.87. The first kappa shape index (κ1) is 21.6. The van der Waals surface area contributed by atoms with Gasteiger partial charge in [0.05, 0.1) is 12.7 Å². The van der Waals surface area contributed by atoms with Crippen LogP contribution >= 0.6 is 0 Å². The van der Waals surface area contributed by atoms with Gasteiger partial charge in [-0.25, -0.2) is 4.79 Å². The molecule has 0 aromatic heterocycles. The number of hydrogen-bond acceptors (Lipinski definition) is 4. The SMILES string of the molecule is COC(=O)c1cccc(CC2(CN(C(=O)C(F)(F)F)C3CC3)CCN(C)CC2)c1. The highest BCUT2D eigenvalue weighted by Gasteiger charge is 2.49. The average Bonchev–Trinajstić information content (AvgIpc) is 3.52. The molecular formula is C21H27F3N2O3. The highest BCUT2D eigenvalue weighted by molar-refractivity contribution is 5.89. The normalized spacial score (nSPS) is 19.6. The first-order valence-corrected chi connectivity index (χ1v) is 9.87. The van der Waals surface area contributed by atoms with E-state index in [0.717, 1.165) is 23.6 Å². The average molecular weight is 412 g/mol. The van der Waals surface area contributed by atoms with E-state index in [2.05, 4.69) is 4.90 Å². The van der Waals surface area contributed by atoms with Gasteiger partial charge in [-0.1, -0.05) is 12.1 Å². The van der Waals surface area contributed by atoms with Crippen LogP contribution in [0.5, 0.6) is 0 Å².